The van der Waals surface area contributed by atoms with Crippen molar-refractivity contribution in [3.05, 3.63) is 0 Å². The summed E-state index contributed by atoms with van der Waals surface area (Å²) in [5.41, 5.74) is 0. The van der Waals surface area contributed by atoms with Crippen molar-refractivity contribution in [3.8, 4) is 0 Å². The highest BCUT2D eigenvalue weighted by molar-refractivity contribution is 5.71. The number of hydrogen-bond donors (Lipinski definition) is 0. The molecule has 0 aliphatic heterocycles. The third kappa shape index (κ3) is 44.0. The Balaban J connectivity index is 4.28. The van der Waals surface area contributed by atoms with Crippen LogP contribution in [0.5, 0.6) is 0 Å². The Morgan fingerprint density at radius 1 is 0.362 bits per heavy atom. The van der Waals surface area contributed by atoms with E-state index in [4.69, 9.17) is 14.2 Å². The lowest BCUT2D eigenvalue weighted by atomic mass is 9.99. The molecule has 0 aliphatic carbocycles. The van der Waals surface area contributed by atoms with Gasteiger partial charge in [0.15, 0.2) is 6.10 Å². The first kappa shape index (κ1) is 56.4. The second-order valence-electron chi connectivity index (χ2n) is 18.5. The zero-order valence-corrected chi connectivity index (χ0v) is 39.7. The van der Waals surface area contributed by atoms with Crippen LogP contribution in [0, 0.1) is 11.8 Å². The molecule has 58 heavy (non-hydrogen) atoms. The van der Waals surface area contributed by atoms with Gasteiger partial charge in [-0.3, -0.25) is 14.4 Å². The fraction of sp³-hybridized carbons (Fsp3) is 0.942. The predicted molar refractivity (Wildman–Crippen MR) is 247 cm³/mol. The molecule has 0 N–H and O–H groups in total. The molecular formula is C52H100O6. The van der Waals surface area contributed by atoms with Gasteiger partial charge in [-0.2, -0.15) is 0 Å². The van der Waals surface area contributed by atoms with E-state index in [1.54, 1.807) is 0 Å². The van der Waals surface area contributed by atoms with Gasteiger partial charge in [-0.05, 0) is 31.1 Å². The highest BCUT2D eigenvalue weighted by Crippen LogP contribution is 2.18. The summed E-state index contributed by atoms with van der Waals surface area (Å²) in [5.74, 6) is 0.795. The van der Waals surface area contributed by atoms with E-state index in [0.717, 1.165) is 69.6 Å². The summed E-state index contributed by atoms with van der Waals surface area (Å²) in [6.07, 6.45) is 45.2. The molecule has 0 aromatic carbocycles. The molecule has 0 saturated heterocycles. The topological polar surface area (TPSA) is 78.9 Å². The average Bonchev–Trinajstić information content (AvgIpc) is 3.21. The molecule has 6 heteroatoms. The number of esters is 3. The van der Waals surface area contributed by atoms with Gasteiger partial charge in [0.2, 0.25) is 0 Å². The van der Waals surface area contributed by atoms with Crippen LogP contribution in [0.15, 0.2) is 0 Å². The molecule has 0 aliphatic rings. The average molecular weight is 821 g/mol. The Morgan fingerprint density at radius 3 is 0.983 bits per heavy atom. The maximum absolute atomic E-state index is 12.7. The molecule has 0 heterocycles. The smallest absolute Gasteiger partial charge is 0.306 e. The number of hydrogen-bond acceptors (Lipinski definition) is 6. The van der Waals surface area contributed by atoms with Crippen molar-refractivity contribution in [3.63, 3.8) is 0 Å². The third-order valence-corrected chi connectivity index (χ3v) is 12.1. The van der Waals surface area contributed by atoms with Crippen molar-refractivity contribution in [1.82, 2.24) is 0 Å². The van der Waals surface area contributed by atoms with Gasteiger partial charge >= 0.3 is 17.9 Å². The summed E-state index contributed by atoms with van der Waals surface area (Å²) in [6, 6.07) is 0. The molecule has 0 saturated carbocycles. The van der Waals surface area contributed by atoms with Crippen molar-refractivity contribution in [2.24, 2.45) is 11.8 Å². The van der Waals surface area contributed by atoms with Crippen molar-refractivity contribution in [2.45, 2.75) is 291 Å². The maximum atomic E-state index is 12.7. The van der Waals surface area contributed by atoms with Crippen LogP contribution in [-0.2, 0) is 28.6 Å². The maximum Gasteiger partial charge on any atom is 0.306 e. The number of carbonyl (C=O) groups is 3. The van der Waals surface area contributed by atoms with E-state index >= 15 is 0 Å². The van der Waals surface area contributed by atoms with E-state index in [9.17, 15) is 14.4 Å². The van der Waals surface area contributed by atoms with Crippen LogP contribution in [0.4, 0.5) is 0 Å². The Kier molecular flexibility index (Phi) is 43.7. The Labute approximate surface area is 361 Å². The van der Waals surface area contributed by atoms with Gasteiger partial charge in [0.25, 0.3) is 0 Å². The lowest BCUT2D eigenvalue weighted by molar-refractivity contribution is -0.167. The lowest BCUT2D eigenvalue weighted by Crippen LogP contribution is -2.30. The fourth-order valence-electron chi connectivity index (χ4n) is 7.78. The first-order chi connectivity index (χ1) is 28.3. The highest BCUT2D eigenvalue weighted by Gasteiger charge is 2.19. The normalized spacial score (nSPS) is 12.5. The molecule has 0 bridgehead atoms. The number of carbonyl (C=O) groups excluding carboxylic acids is 3. The van der Waals surface area contributed by atoms with Crippen LogP contribution in [0.2, 0.25) is 0 Å². The monoisotopic (exact) mass is 821 g/mol. The van der Waals surface area contributed by atoms with Crippen molar-refractivity contribution in [1.29, 1.82) is 0 Å². The van der Waals surface area contributed by atoms with Crippen molar-refractivity contribution < 1.29 is 28.6 Å². The summed E-state index contributed by atoms with van der Waals surface area (Å²) in [6.45, 7) is 11.3. The number of ether oxygens (including phenoxy) is 3. The van der Waals surface area contributed by atoms with E-state index in [1.807, 2.05) is 0 Å². The van der Waals surface area contributed by atoms with Gasteiger partial charge in [-0.25, -0.2) is 0 Å². The standard InChI is InChI=1S/C52H100O6/c1-6-8-9-10-11-12-13-14-15-16-17-18-22-27-32-37-42-50(53)56-45-49(58-52(55)44-39-34-29-24-25-30-35-40-47(3)4)46-57-51(54)43-38-33-28-23-20-19-21-26-31-36-41-48(5)7-2/h47-49H,6-46H2,1-5H3/t48?,49-/m0/s1. The van der Waals surface area contributed by atoms with Crippen LogP contribution in [0.1, 0.15) is 285 Å². The molecule has 1 unspecified atom stereocenters. The molecule has 344 valence electrons. The molecule has 0 aromatic rings. The molecule has 0 spiro atoms. The quantitative estimate of drug-likeness (QED) is 0.0346. The SMILES string of the molecule is CCCCCCCCCCCCCCCCCCC(=O)OC[C@@H](COC(=O)CCCCCCCCCCCCC(C)CC)OC(=O)CCCCCCCCCC(C)C. The minimum atomic E-state index is -0.762. The first-order valence-electron chi connectivity index (χ1n) is 25.8. The first-order valence-corrected chi connectivity index (χ1v) is 25.8. The molecule has 0 fully saturated rings. The molecule has 2 atom stereocenters. The van der Waals surface area contributed by atoms with Crippen LogP contribution < -0.4 is 0 Å². The van der Waals surface area contributed by atoms with Crippen LogP contribution >= 0.6 is 0 Å². The van der Waals surface area contributed by atoms with Gasteiger partial charge in [0.1, 0.15) is 13.2 Å². The summed E-state index contributed by atoms with van der Waals surface area (Å²) in [7, 11) is 0. The van der Waals surface area contributed by atoms with Gasteiger partial charge in [0.05, 0.1) is 0 Å². The Hall–Kier alpha value is -1.59. The molecule has 0 rings (SSSR count). The van der Waals surface area contributed by atoms with E-state index in [0.29, 0.717) is 19.3 Å². The second-order valence-corrected chi connectivity index (χ2v) is 18.5. The van der Waals surface area contributed by atoms with Crippen LogP contribution in [-0.4, -0.2) is 37.2 Å². The lowest BCUT2D eigenvalue weighted by Gasteiger charge is -2.18. The van der Waals surface area contributed by atoms with E-state index in [1.165, 1.54) is 173 Å². The zero-order chi connectivity index (χ0) is 42.6. The minimum absolute atomic E-state index is 0.0645. The molecule has 0 radical (unpaired) electrons. The number of rotatable bonds is 46. The van der Waals surface area contributed by atoms with Gasteiger partial charge in [-0.1, -0.05) is 247 Å². The predicted octanol–water partition coefficient (Wildman–Crippen LogP) is 16.5. The number of unbranched alkanes of at least 4 members (excludes halogenated alkanes) is 30. The fourth-order valence-corrected chi connectivity index (χ4v) is 7.78. The van der Waals surface area contributed by atoms with E-state index in [-0.39, 0.29) is 31.1 Å². The Morgan fingerprint density at radius 2 is 0.655 bits per heavy atom. The van der Waals surface area contributed by atoms with Crippen molar-refractivity contribution in [2.75, 3.05) is 13.2 Å². The van der Waals surface area contributed by atoms with E-state index < -0.39 is 6.10 Å². The largest absolute Gasteiger partial charge is 0.462 e. The molecule has 6 nitrogen and oxygen atoms in total. The molecule has 0 aromatic heterocycles. The summed E-state index contributed by atoms with van der Waals surface area (Å²) in [5, 5.41) is 0. The highest BCUT2D eigenvalue weighted by atomic mass is 16.6. The van der Waals surface area contributed by atoms with E-state index in [2.05, 4.69) is 34.6 Å². The van der Waals surface area contributed by atoms with Gasteiger partial charge < -0.3 is 14.2 Å². The Bertz CT molecular complexity index is 887. The summed E-state index contributed by atoms with van der Waals surface area (Å²) in [4.78, 5) is 37.9. The second kappa shape index (κ2) is 44.9. The molecule has 0 amide bonds. The van der Waals surface area contributed by atoms with Gasteiger partial charge in [-0.15, -0.1) is 0 Å². The summed E-state index contributed by atoms with van der Waals surface area (Å²) < 4.78 is 16.8. The minimum Gasteiger partial charge on any atom is -0.462 e. The third-order valence-electron chi connectivity index (χ3n) is 12.1. The van der Waals surface area contributed by atoms with Crippen molar-refractivity contribution >= 4 is 17.9 Å². The summed E-state index contributed by atoms with van der Waals surface area (Å²) >= 11 is 0. The zero-order valence-electron chi connectivity index (χ0n) is 39.7. The van der Waals surface area contributed by atoms with Crippen LogP contribution in [0.25, 0.3) is 0 Å². The van der Waals surface area contributed by atoms with Gasteiger partial charge in [0, 0.05) is 19.3 Å². The molecular weight excluding hydrogens is 721 g/mol. The van der Waals surface area contributed by atoms with Crippen LogP contribution in [0.3, 0.4) is 0 Å².